The lowest BCUT2D eigenvalue weighted by molar-refractivity contribution is -0.142. The number of carbonyl (C=O) groups excluding carboxylic acids is 1. The monoisotopic (exact) mass is 428 g/mol. The van der Waals surface area contributed by atoms with Crippen LogP contribution in [0.3, 0.4) is 0 Å². The zero-order valence-corrected chi connectivity index (χ0v) is 18.6. The molecule has 0 radical (unpaired) electrons. The van der Waals surface area contributed by atoms with Crippen molar-refractivity contribution in [1.29, 1.82) is 0 Å². The number of nitrogens with zero attached hydrogens (tertiary/aromatic N) is 1. The highest BCUT2D eigenvalue weighted by molar-refractivity contribution is 5.86. The van der Waals surface area contributed by atoms with Crippen LogP contribution >= 0.6 is 0 Å². The van der Waals surface area contributed by atoms with Gasteiger partial charge in [0.15, 0.2) is 5.60 Å². The van der Waals surface area contributed by atoms with Crippen molar-refractivity contribution in [3.63, 3.8) is 0 Å². The highest BCUT2D eigenvalue weighted by Crippen LogP contribution is 2.35. The van der Waals surface area contributed by atoms with Gasteiger partial charge in [0.1, 0.15) is 11.6 Å². The second-order valence-corrected chi connectivity index (χ2v) is 9.75. The van der Waals surface area contributed by atoms with Crippen LogP contribution in [0.25, 0.3) is 0 Å². The van der Waals surface area contributed by atoms with Crippen molar-refractivity contribution in [2.75, 3.05) is 13.2 Å². The molecule has 1 saturated carbocycles. The maximum absolute atomic E-state index is 13.3. The van der Waals surface area contributed by atoms with Crippen LogP contribution in [0.1, 0.15) is 81.7 Å². The van der Waals surface area contributed by atoms with Crippen molar-refractivity contribution in [3.05, 3.63) is 53.2 Å². The number of halogens is 1. The first-order valence-electron chi connectivity index (χ1n) is 11.5. The van der Waals surface area contributed by atoms with Gasteiger partial charge in [-0.15, -0.1) is 0 Å². The van der Waals surface area contributed by atoms with E-state index >= 15 is 0 Å². The second-order valence-electron chi connectivity index (χ2n) is 9.75. The molecule has 1 aromatic carbocycles. The Labute approximate surface area is 183 Å². The maximum atomic E-state index is 13.3. The Balaban J connectivity index is 1.42. The highest BCUT2D eigenvalue weighted by Gasteiger charge is 2.44. The standard InChI is InChI=1S/C25H33FN2O3/c1-24(2,19-9-11-20(26)12-10-19)17-27-23(29)25(13-6-14-30-25)16-21-15-22(28-31-21)18-7-4-3-5-8-18/h9-12,15,18H,3-8,13-14,16-17H2,1-2H3,(H,27,29)/t25-/m1/s1. The molecular formula is C25H33FN2O3. The molecule has 1 atom stereocenters. The van der Waals surface area contributed by atoms with Gasteiger partial charge in [0.25, 0.3) is 5.91 Å². The van der Waals surface area contributed by atoms with Gasteiger partial charge in [0, 0.05) is 37.0 Å². The van der Waals surface area contributed by atoms with Gasteiger partial charge in [-0.2, -0.15) is 0 Å². The van der Waals surface area contributed by atoms with Gasteiger partial charge in [-0.05, 0) is 43.4 Å². The van der Waals surface area contributed by atoms with E-state index in [4.69, 9.17) is 9.26 Å². The molecule has 31 heavy (non-hydrogen) atoms. The van der Waals surface area contributed by atoms with E-state index in [2.05, 4.69) is 10.5 Å². The minimum atomic E-state index is -0.914. The molecular weight excluding hydrogens is 395 g/mol. The lowest BCUT2D eigenvalue weighted by Gasteiger charge is -2.30. The average molecular weight is 429 g/mol. The SMILES string of the molecule is CC(C)(CNC(=O)[C@]1(Cc2cc(C3CCCCC3)no2)CCCO1)c1ccc(F)cc1. The molecule has 1 aromatic heterocycles. The van der Waals surface area contributed by atoms with Crippen LogP contribution < -0.4 is 5.32 Å². The highest BCUT2D eigenvalue weighted by atomic mass is 19.1. The van der Waals surface area contributed by atoms with Crippen molar-refractivity contribution in [2.24, 2.45) is 0 Å². The first-order chi connectivity index (χ1) is 14.9. The summed E-state index contributed by atoms with van der Waals surface area (Å²) in [5, 5.41) is 7.40. The predicted octanol–water partition coefficient (Wildman–Crippen LogP) is 5.05. The van der Waals surface area contributed by atoms with Crippen molar-refractivity contribution >= 4 is 5.91 Å². The van der Waals surface area contributed by atoms with E-state index in [0.717, 1.165) is 36.3 Å². The molecule has 1 aliphatic carbocycles. The van der Waals surface area contributed by atoms with Crippen LogP contribution in [0.4, 0.5) is 4.39 Å². The average Bonchev–Trinajstić information content (AvgIpc) is 3.44. The number of rotatable bonds is 7. The summed E-state index contributed by atoms with van der Waals surface area (Å²) in [6, 6.07) is 8.47. The molecule has 2 aromatic rings. The van der Waals surface area contributed by atoms with Crippen molar-refractivity contribution in [3.8, 4) is 0 Å². The van der Waals surface area contributed by atoms with E-state index < -0.39 is 5.60 Å². The van der Waals surface area contributed by atoms with Gasteiger partial charge < -0.3 is 14.6 Å². The molecule has 1 saturated heterocycles. The number of ether oxygens (including phenoxy) is 1. The fourth-order valence-electron chi connectivity index (χ4n) is 4.85. The van der Waals surface area contributed by atoms with Gasteiger partial charge >= 0.3 is 0 Å². The molecule has 0 unspecified atom stereocenters. The van der Waals surface area contributed by atoms with Crippen LogP contribution in [-0.2, 0) is 21.4 Å². The first kappa shape index (κ1) is 22.0. The summed E-state index contributed by atoms with van der Waals surface area (Å²) < 4.78 is 24.9. The van der Waals surface area contributed by atoms with Crippen LogP contribution in [0.5, 0.6) is 0 Å². The fourth-order valence-corrected chi connectivity index (χ4v) is 4.85. The lowest BCUT2D eigenvalue weighted by atomic mass is 9.84. The van der Waals surface area contributed by atoms with Crippen molar-refractivity contribution < 1.29 is 18.4 Å². The lowest BCUT2D eigenvalue weighted by Crippen LogP contribution is -2.50. The topological polar surface area (TPSA) is 64.4 Å². The number of carbonyl (C=O) groups is 1. The largest absolute Gasteiger partial charge is 0.365 e. The third kappa shape index (κ3) is 5.00. The molecule has 0 bridgehead atoms. The normalized spacial score (nSPS) is 22.5. The second kappa shape index (κ2) is 9.11. The van der Waals surface area contributed by atoms with Crippen molar-refractivity contribution in [2.45, 2.75) is 82.1 Å². The number of benzene rings is 1. The summed E-state index contributed by atoms with van der Waals surface area (Å²) >= 11 is 0. The van der Waals surface area contributed by atoms with Crippen molar-refractivity contribution in [1.82, 2.24) is 10.5 Å². The molecule has 1 aliphatic heterocycles. The first-order valence-corrected chi connectivity index (χ1v) is 11.5. The Hall–Kier alpha value is -2.21. The van der Waals surface area contributed by atoms with Gasteiger partial charge in [0.05, 0.1) is 5.69 Å². The fraction of sp³-hybridized carbons (Fsp3) is 0.600. The molecule has 6 heteroatoms. The minimum Gasteiger partial charge on any atom is -0.365 e. The molecule has 1 amide bonds. The quantitative estimate of drug-likeness (QED) is 0.670. The molecule has 0 spiro atoms. The Morgan fingerprint density at radius 2 is 1.94 bits per heavy atom. The number of aromatic nitrogens is 1. The van der Waals surface area contributed by atoms with E-state index in [-0.39, 0.29) is 17.1 Å². The number of hydrogen-bond donors (Lipinski definition) is 1. The Bertz CT molecular complexity index is 878. The van der Waals surface area contributed by atoms with Crippen LogP contribution in [0.15, 0.2) is 34.9 Å². The van der Waals surface area contributed by atoms with E-state index in [1.165, 1.54) is 31.4 Å². The molecule has 2 heterocycles. The van der Waals surface area contributed by atoms with E-state index in [1.54, 1.807) is 12.1 Å². The molecule has 1 N–H and O–H groups in total. The summed E-state index contributed by atoms with van der Waals surface area (Å²) in [6.07, 6.45) is 8.01. The third-order valence-electron chi connectivity index (χ3n) is 6.89. The number of nitrogens with one attached hydrogen (secondary N) is 1. The molecule has 4 rings (SSSR count). The predicted molar refractivity (Wildman–Crippen MR) is 116 cm³/mol. The van der Waals surface area contributed by atoms with Gasteiger partial charge in [-0.3, -0.25) is 4.79 Å². The summed E-state index contributed by atoms with van der Waals surface area (Å²) in [6.45, 7) is 5.08. The van der Waals surface area contributed by atoms with Crippen LogP contribution in [0, 0.1) is 5.82 Å². The van der Waals surface area contributed by atoms with E-state index in [9.17, 15) is 9.18 Å². The van der Waals surface area contributed by atoms with Gasteiger partial charge in [0.2, 0.25) is 0 Å². The summed E-state index contributed by atoms with van der Waals surface area (Å²) in [4.78, 5) is 13.3. The summed E-state index contributed by atoms with van der Waals surface area (Å²) in [7, 11) is 0. The number of hydrogen-bond acceptors (Lipinski definition) is 4. The van der Waals surface area contributed by atoms with E-state index in [0.29, 0.717) is 31.9 Å². The molecule has 2 aliphatic rings. The summed E-state index contributed by atoms with van der Waals surface area (Å²) in [5.74, 6) is 0.810. The van der Waals surface area contributed by atoms with E-state index in [1.807, 2.05) is 19.9 Å². The molecule has 168 valence electrons. The van der Waals surface area contributed by atoms with Crippen LogP contribution in [-0.4, -0.2) is 29.8 Å². The zero-order chi connectivity index (χ0) is 21.9. The molecule has 5 nitrogen and oxygen atoms in total. The summed E-state index contributed by atoms with van der Waals surface area (Å²) in [5.41, 5.74) is 0.745. The van der Waals surface area contributed by atoms with Gasteiger partial charge in [-0.1, -0.05) is 50.4 Å². The maximum Gasteiger partial charge on any atom is 0.252 e. The Morgan fingerprint density at radius 3 is 2.61 bits per heavy atom. The van der Waals surface area contributed by atoms with Gasteiger partial charge in [-0.25, -0.2) is 4.39 Å². The zero-order valence-electron chi connectivity index (χ0n) is 18.6. The smallest absolute Gasteiger partial charge is 0.252 e. The molecule has 2 fully saturated rings. The minimum absolute atomic E-state index is 0.115. The third-order valence-corrected chi connectivity index (χ3v) is 6.89. The van der Waals surface area contributed by atoms with Crippen LogP contribution in [0.2, 0.25) is 0 Å². The number of amides is 1. The Morgan fingerprint density at radius 1 is 1.19 bits per heavy atom. The Kier molecular flexibility index (Phi) is 6.47.